The van der Waals surface area contributed by atoms with Crippen molar-refractivity contribution in [2.24, 2.45) is 0 Å². The first-order valence-electron chi connectivity index (χ1n) is 6.59. The summed E-state index contributed by atoms with van der Waals surface area (Å²) in [7, 11) is 0. The molecule has 0 bridgehead atoms. The van der Waals surface area contributed by atoms with E-state index in [4.69, 9.17) is 0 Å². The van der Waals surface area contributed by atoms with Gasteiger partial charge in [-0.3, -0.25) is 9.69 Å². The Morgan fingerprint density at radius 1 is 1.41 bits per heavy atom. The Hall–Kier alpha value is -1.15. The van der Waals surface area contributed by atoms with Crippen molar-refractivity contribution in [1.82, 2.24) is 4.90 Å². The highest BCUT2D eigenvalue weighted by molar-refractivity contribution is 5.99. The molecule has 2 heteroatoms. The average molecular weight is 231 g/mol. The van der Waals surface area contributed by atoms with Gasteiger partial charge in [-0.05, 0) is 32.7 Å². The third kappa shape index (κ3) is 2.58. The van der Waals surface area contributed by atoms with Crippen LogP contribution in [0.4, 0.5) is 0 Å². The van der Waals surface area contributed by atoms with Crippen molar-refractivity contribution in [3.63, 3.8) is 0 Å². The van der Waals surface area contributed by atoms with Gasteiger partial charge in [0.1, 0.15) is 0 Å². The molecule has 2 rings (SSSR count). The minimum atomic E-state index is 0.0184. The van der Waals surface area contributed by atoms with Crippen LogP contribution in [0, 0.1) is 0 Å². The molecule has 0 radical (unpaired) electrons. The lowest BCUT2D eigenvalue weighted by molar-refractivity contribution is 0.0817. The first kappa shape index (κ1) is 12.3. The van der Waals surface area contributed by atoms with Gasteiger partial charge < -0.3 is 0 Å². The van der Waals surface area contributed by atoms with Crippen LogP contribution in [0.1, 0.15) is 43.5 Å². The van der Waals surface area contributed by atoms with E-state index in [0.717, 1.165) is 18.5 Å². The van der Waals surface area contributed by atoms with E-state index in [1.54, 1.807) is 0 Å². The number of nitrogens with zero attached hydrogens (tertiary/aromatic N) is 1. The number of likely N-dealkylation sites (tertiary alicyclic amines) is 1. The van der Waals surface area contributed by atoms with Crippen LogP contribution in [0.5, 0.6) is 0 Å². The Morgan fingerprint density at radius 2 is 2.12 bits per heavy atom. The second-order valence-electron chi connectivity index (χ2n) is 4.85. The summed E-state index contributed by atoms with van der Waals surface area (Å²) in [6.07, 6.45) is 3.61. The molecule has 0 aliphatic carbocycles. The Balaban J connectivity index is 2.10. The molecule has 2 nitrogen and oxygen atoms in total. The zero-order chi connectivity index (χ0) is 12.3. The van der Waals surface area contributed by atoms with Crippen molar-refractivity contribution in [2.75, 3.05) is 6.54 Å². The zero-order valence-corrected chi connectivity index (χ0v) is 10.7. The van der Waals surface area contributed by atoms with E-state index in [0.29, 0.717) is 6.04 Å². The Bertz CT molecular complexity index is 374. The summed E-state index contributed by atoms with van der Waals surface area (Å²) in [6, 6.07) is 10.3. The summed E-state index contributed by atoms with van der Waals surface area (Å²) < 4.78 is 0. The molecular weight excluding hydrogens is 210 g/mol. The van der Waals surface area contributed by atoms with E-state index in [-0.39, 0.29) is 11.8 Å². The quantitative estimate of drug-likeness (QED) is 0.742. The van der Waals surface area contributed by atoms with Crippen LogP contribution in [0.3, 0.4) is 0 Å². The molecule has 2 unspecified atom stereocenters. The molecule has 17 heavy (non-hydrogen) atoms. The molecule has 1 aromatic carbocycles. The Kier molecular flexibility index (Phi) is 3.95. The number of ketones is 1. The summed E-state index contributed by atoms with van der Waals surface area (Å²) in [5.41, 5.74) is 0.835. The van der Waals surface area contributed by atoms with Gasteiger partial charge in [0, 0.05) is 11.6 Å². The largest absolute Gasteiger partial charge is 0.292 e. The highest BCUT2D eigenvalue weighted by atomic mass is 16.1. The average Bonchev–Trinajstić information content (AvgIpc) is 2.86. The molecule has 0 amide bonds. The summed E-state index contributed by atoms with van der Waals surface area (Å²) in [6.45, 7) is 5.32. The smallest absolute Gasteiger partial charge is 0.179 e. The maximum atomic E-state index is 12.4. The monoisotopic (exact) mass is 231 g/mol. The number of rotatable bonds is 4. The molecule has 1 aliphatic rings. The second kappa shape index (κ2) is 5.46. The fourth-order valence-corrected chi connectivity index (χ4v) is 2.80. The van der Waals surface area contributed by atoms with Crippen LogP contribution in [-0.2, 0) is 0 Å². The first-order valence-corrected chi connectivity index (χ1v) is 6.59. The van der Waals surface area contributed by atoms with Crippen molar-refractivity contribution in [1.29, 1.82) is 0 Å². The Labute approximate surface area is 104 Å². The lowest BCUT2D eigenvalue weighted by Crippen LogP contribution is -2.41. The van der Waals surface area contributed by atoms with Gasteiger partial charge >= 0.3 is 0 Å². The molecule has 1 aliphatic heterocycles. The molecular formula is C15H21NO. The van der Waals surface area contributed by atoms with Crippen molar-refractivity contribution < 1.29 is 4.79 Å². The van der Waals surface area contributed by atoms with E-state index in [9.17, 15) is 4.79 Å². The zero-order valence-electron chi connectivity index (χ0n) is 10.7. The maximum Gasteiger partial charge on any atom is 0.179 e. The highest BCUT2D eigenvalue weighted by Gasteiger charge is 2.30. The third-order valence-electron chi connectivity index (χ3n) is 3.83. The predicted molar refractivity (Wildman–Crippen MR) is 70.3 cm³/mol. The van der Waals surface area contributed by atoms with Gasteiger partial charge in [0.15, 0.2) is 5.78 Å². The number of carbonyl (C=O) groups excluding carboxylic acids is 1. The molecule has 1 aromatic rings. The van der Waals surface area contributed by atoms with Crippen LogP contribution in [-0.4, -0.2) is 29.3 Å². The minimum Gasteiger partial charge on any atom is -0.292 e. The summed E-state index contributed by atoms with van der Waals surface area (Å²) in [4.78, 5) is 14.7. The van der Waals surface area contributed by atoms with Crippen LogP contribution in [0.15, 0.2) is 30.3 Å². The van der Waals surface area contributed by atoms with Crippen molar-refractivity contribution in [2.45, 2.75) is 45.2 Å². The normalized spacial score (nSPS) is 22.6. The first-order chi connectivity index (χ1) is 8.24. The fourth-order valence-electron chi connectivity index (χ4n) is 2.80. The highest BCUT2D eigenvalue weighted by Crippen LogP contribution is 2.23. The van der Waals surface area contributed by atoms with Crippen molar-refractivity contribution in [3.8, 4) is 0 Å². The lowest BCUT2D eigenvalue weighted by atomic mass is 10.0. The molecule has 2 atom stereocenters. The van der Waals surface area contributed by atoms with Gasteiger partial charge in [0.2, 0.25) is 0 Å². The summed E-state index contributed by atoms with van der Waals surface area (Å²) in [5.74, 6) is 0.256. The molecule has 1 saturated heterocycles. The topological polar surface area (TPSA) is 20.3 Å². The number of hydrogen-bond donors (Lipinski definition) is 0. The van der Waals surface area contributed by atoms with E-state index in [2.05, 4.69) is 11.8 Å². The molecule has 0 spiro atoms. The number of hydrogen-bond acceptors (Lipinski definition) is 2. The SMILES string of the molecule is CCC1CCCN1C(C)C(=O)c1ccccc1. The van der Waals surface area contributed by atoms with Gasteiger partial charge in [-0.1, -0.05) is 37.3 Å². The molecule has 0 N–H and O–H groups in total. The summed E-state index contributed by atoms with van der Waals surface area (Å²) in [5, 5.41) is 0. The minimum absolute atomic E-state index is 0.0184. The predicted octanol–water partition coefficient (Wildman–Crippen LogP) is 3.13. The van der Waals surface area contributed by atoms with Crippen LogP contribution in [0.2, 0.25) is 0 Å². The van der Waals surface area contributed by atoms with Gasteiger partial charge in [-0.2, -0.15) is 0 Å². The maximum absolute atomic E-state index is 12.4. The van der Waals surface area contributed by atoms with Gasteiger partial charge in [-0.15, -0.1) is 0 Å². The number of carbonyl (C=O) groups is 1. The fraction of sp³-hybridized carbons (Fsp3) is 0.533. The number of Topliss-reactive ketones (excluding diaryl/α,β-unsaturated/α-hetero) is 1. The van der Waals surface area contributed by atoms with Gasteiger partial charge in [-0.25, -0.2) is 0 Å². The van der Waals surface area contributed by atoms with E-state index in [1.165, 1.54) is 12.8 Å². The molecule has 92 valence electrons. The molecule has 1 fully saturated rings. The third-order valence-corrected chi connectivity index (χ3v) is 3.83. The van der Waals surface area contributed by atoms with Crippen LogP contribution < -0.4 is 0 Å². The van der Waals surface area contributed by atoms with Gasteiger partial charge in [0.25, 0.3) is 0 Å². The van der Waals surface area contributed by atoms with Crippen LogP contribution in [0.25, 0.3) is 0 Å². The number of benzene rings is 1. The van der Waals surface area contributed by atoms with Crippen molar-refractivity contribution in [3.05, 3.63) is 35.9 Å². The standard InChI is InChI=1S/C15H21NO/c1-3-14-10-7-11-16(14)12(2)15(17)13-8-5-4-6-9-13/h4-6,8-9,12,14H,3,7,10-11H2,1-2H3. The lowest BCUT2D eigenvalue weighted by Gasteiger charge is -2.29. The Morgan fingerprint density at radius 3 is 2.76 bits per heavy atom. The van der Waals surface area contributed by atoms with E-state index >= 15 is 0 Å². The second-order valence-corrected chi connectivity index (χ2v) is 4.85. The molecule has 1 heterocycles. The van der Waals surface area contributed by atoms with Gasteiger partial charge in [0.05, 0.1) is 6.04 Å². The van der Waals surface area contributed by atoms with Crippen molar-refractivity contribution >= 4 is 5.78 Å². The molecule has 0 aromatic heterocycles. The van der Waals surface area contributed by atoms with E-state index < -0.39 is 0 Å². The van der Waals surface area contributed by atoms with E-state index in [1.807, 2.05) is 37.3 Å². The molecule has 0 saturated carbocycles. The van der Waals surface area contributed by atoms with Crippen LogP contribution >= 0.6 is 0 Å². The summed E-state index contributed by atoms with van der Waals surface area (Å²) >= 11 is 0.